The Bertz CT molecular complexity index is 641. The van der Waals surface area contributed by atoms with Gasteiger partial charge in [0.1, 0.15) is 11.6 Å². The molecule has 2 aromatic rings. The van der Waals surface area contributed by atoms with Crippen LogP contribution < -0.4 is 11.1 Å². The summed E-state index contributed by atoms with van der Waals surface area (Å²) in [4.78, 5) is 3.86. The third kappa shape index (κ3) is 3.41. The van der Waals surface area contributed by atoms with E-state index >= 15 is 0 Å². The van der Waals surface area contributed by atoms with E-state index < -0.39 is 11.7 Å². The van der Waals surface area contributed by atoms with Gasteiger partial charge in [-0.2, -0.15) is 13.2 Å². The minimum Gasteiger partial charge on any atom is -0.384 e. The third-order valence-electron chi connectivity index (χ3n) is 2.56. The molecule has 0 spiro atoms. The molecule has 3 nitrogen and oxygen atoms in total. The molecule has 1 aromatic heterocycles. The Balaban J connectivity index is 2.39. The van der Waals surface area contributed by atoms with Crippen molar-refractivity contribution in [3.05, 3.63) is 45.9 Å². The molecule has 3 N–H and O–H groups in total. The minimum absolute atomic E-state index is 0.0450. The lowest BCUT2D eigenvalue weighted by Gasteiger charge is -2.12. The van der Waals surface area contributed by atoms with Gasteiger partial charge in [-0.15, -0.1) is 0 Å². The normalized spacial score (nSPS) is 11.4. The summed E-state index contributed by atoms with van der Waals surface area (Å²) in [7, 11) is 0. The molecule has 0 aliphatic heterocycles. The van der Waals surface area contributed by atoms with Crippen LogP contribution in [0.2, 0.25) is 0 Å². The number of rotatable bonds is 2. The predicted molar refractivity (Wildman–Crippen MR) is 75.8 cm³/mol. The molecule has 0 aliphatic rings. The average molecular weight is 346 g/mol. The predicted octanol–water partition coefficient (Wildman–Crippen LogP) is 4.50. The van der Waals surface area contributed by atoms with Gasteiger partial charge in [0.15, 0.2) is 0 Å². The third-order valence-corrected chi connectivity index (χ3v) is 3.25. The van der Waals surface area contributed by atoms with Crippen molar-refractivity contribution in [3.63, 3.8) is 0 Å². The molecule has 0 fully saturated rings. The van der Waals surface area contributed by atoms with Crippen LogP contribution in [-0.4, -0.2) is 4.98 Å². The maximum atomic E-state index is 12.7. The monoisotopic (exact) mass is 345 g/mol. The summed E-state index contributed by atoms with van der Waals surface area (Å²) in [6.45, 7) is 1.88. The molecule has 106 valence electrons. The Kier molecular flexibility index (Phi) is 3.89. The summed E-state index contributed by atoms with van der Waals surface area (Å²) in [5.74, 6) is -0.144. The molecule has 7 heteroatoms. The van der Waals surface area contributed by atoms with Gasteiger partial charge >= 0.3 is 6.18 Å². The van der Waals surface area contributed by atoms with E-state index in [0.29, 0.717) is 5.69 Å². The number of nitrogens with two attached hydrogens (primary N) is 1. The van der Waals surface area contributed by atoms with Crippen LogP contribution in [-0.2, 0) is 6.18 Å². The van der Waals surface area contributed by atoms with Crippen molar-refractivity contribution in [1.82, 2.24) is 4.98 Å². The molecule has 0 atom stereocenters. The van der Waals surface area contributed by atoms with Gasteiger partial charge in [-0.05, 0) is 52.7 Å². The van der Waals surface area contributed by atoms with Gasteiger partial charge in [0.2, 0.25) is 0 Å². The van der Waals surface area contributed by atoms with Crippen LogP contribution in [0.5, 0.6) is 0 Å². The number of nitrogens with zero attached hydrogens (tertiary/aromatic N) is 1. The molecular weight excluding hydrogens is 335 g/mol. The number of anilines is 3. The SMILES string of the molecule is Cc1ccc(Br)c(Nc2cc(C(F)(F)F)cc(N)n2)c1. The first kappa shape index (κ1) is 14.6. The number of benzene rings is 1. The number of hydrogen-bond donors (Lipinski definition) is 2. The van der Waals surface area contributed by atoms with Gasteiger partial charge in [0, 0.05) is 4.47 Å². The number of aryl methyl sites for hydroxylation is 1. The van der Waals surface area contributed by atoms with Crippen LogP contribution in [0.25, 0.3) is 0 Å². The molecule has 0 radical (unpaired) electrons. The van der Waals surface area contributed by atoms with Crippen LogP contribution in [0, 0.1) is 6.92 Å². The molecule has 0 amide bonds. The van der Waals surface area contributed by atoms with Gasteiger partial charge in [0.05, 0.1) is 11.3 Å². The molecule has 1 heterocycles. The number of nitrogen functional groups attached to an aromatic ring is 1. The molecular formula is C13H11BrF3N3. The van der Waals surface area contributed by atoms with Crippen molar-refractivity contribution in [2.75, 3.05) is 11.1 Å². The fourth-order valence-corrected chi connectivity index (χ4v) is 2.00. The van der Waals surface area contributed by atoms with Crippen LogP contribution >= 0.6 is 15.9 Å². The quantitative estimate of drug-likeness (QED) is 0.842. The Hall–Kier alpha value is -1.76. The van der Waals surface area contributed by atoms with Crippen LogP contribution in [0.3, 0.4) is 0 Å². The Labute approximate surface area is 122 Å². The zero-order chi connectivity index (χ0) is 14.9. The largest absolute Gasteiger partial charge is 0.416 e. The molecule has 0 saturated heterocycles. The van der Waals surface area contributed by atoms with E-state index in [4.69, 9.17) is 5.73 Å². The van der Waals surface area contributed by atoms with Crippen molar-refractivity contribution in [1.29, 1.82) is 0 Å². The second kappa shape index (κ2) is 5.32. The van der Waals surface area contributed by atoms with E-state index in [2.05, 4.69) is 26.2 Å². The van der Waals surface area contributed by atoms with Crippen LogP contribution in [0.15, 0.2) is 34.8 Å². The minimum atomic E-state index is -4.46. The lowest BCUT2D eigenvalue weighted by molar-refractivity contribution is -0.137. The van der Waals surface area contributed by atoms with Crippen molar-refractivity contribution < 1.29 is 13.2 Å². The number of nitrogens with one attached hydrogen (secondary N) is 1. The average Bonchev–Trinajstić information content (AvgIpc) is 2.32. The smallest absolute Gasteiger partial charge is 0.384 e. The molecule has 0 bridgehead atoms. The summed E-state index contributed by atoms with van der Waals surface area (Å²) < 4.78 is 38.9. The van der Waals surface area contributed by atoms with Crippen molar-refractivity contribution >= 4 is 33.3 Å². The maximum absolute atomic E-state index is 12.7. The maximum Gasteiger partial charge on any atom is 0.416 e. The van der Waals surface area contributed by atoms with E-state index in [-0.39, 0.29) is 11.6 Å². The number of halogens is 4. The first-order valence-corrected chi connectivity index (χ1v) is 6.43. The first-order valence-electron chi connectivity index (χ1n) is 5.63. The number of pyridine rings is 1. The van der Waals surface area contributed by atoms with Crippen molar-refractivity contribution in [2.45, 2.75) is 13.1 Å². The number of hydrogen-bond acceptors (Lipinski definition) is 3. The molecule has 0 aliphatic carbocycles. The van der Waals surface area contributed by atoms with Gasteiger partial charge in [-0.3, -0.25) is 0 Å². The van der Waals surface area contributed by atoms with E-state index in [0.717, 1.165) is 22.2 Å². The summed E-state index contributed by atoms with van der Waals surface area (Å²) in [6, 6.07) is 7.20. The van der Waals surface area contributed by atoms with Gasteiger partial charge in [-0.1, -0.05) is 6.07 Å². The van der Waals surface area contributed by atoms with Crippen LogP contribution in [0.1, 0.15) is 11.1 Å². The Morgan fingerprint density at radius 3 is 2.55 bits per heavy atom. The second-order valence-electron chi connectivity index (χ2n) is 4.27. The Morgan fingerprint density at radius 1 is 1.20 bits per heavy atom. The van der Waals surface area contributed by atoms with E-state index in [1.54, 1.807) is 12.1 Å². The summed E-state index contributed by atoms with van der Waals surface area (Å²) >= 11 is 3.32. The molecule has 20 heavy (non-hydrogen) atoms. The van der Waals surface area contributed by atoms with Gasteiger partial charge < -0.3 is 11.1 Å². The lowest BCUT2D eigenvalue weighted by atomic mass is 10.2. The van der Waals surface area contributed by atoms with Crippen molar-refractivity contribution in [2.24, 2.45) is 0 Å². The highest BCUT2D eigenvalue weighted by Crippen LogP contribution is 2.33. The van der Waals surface area contributed by atoms with Crippen LogP contribution in [0.4, 0.5) is 30.5 Å². The molecule has 0 saturated carbocycles. The zero-order valence-electron chi connectivity index (χ0n) is 10.4. The molecule has 0 unspecified atom stereocenters. The summed E-state index contributed by atoms with van der Waals surface area (Å²) in [5, 5.41) is 2.83. The highest BCUT2D eigenvalue weighted by atomic mass is 79.9. The van der Waals surface area contributed by atoms with Gasteiger partial charge in [-0.25, -0.2) is 4.98 Å². The Morgan fingerprint density at radius 2 is 1.90 bits per heavy atom. The van der Waals surface area contributed by atoms with Gasteiger partial charge in [0.25, 0.3) is 0 Å². The highest BCUT2D eigenvalue weighted by Gasteiger charge is 2.31. The molecule has 2 rings (SSSR count). The standard InChI is InChI=1S/C13H11BrF3N3/c1-7-2-3-9(14)10(4-7)19-12-6-8(13(15,16)17)5-11(18)20-12/h2-6H,1H3,(H3,18,19,20). The zero-order valence-corrected chi connectivity index (χ0v) is 12.0. The number of aromatic nitrogens is 1. The van der Waals surface area contributed by atoms with E-state index in [1.165, 1.54) is 0 Å². The van der Waals surface area contributed by atoms with E-state index in [9.17, 15) is 13.2 Å². The summed E-state index contributed by atoms with van der Waals surface area (Å²) in [6.07, 6.45) is -4.46. The lowest BCUT2D eigenvalue weighted by Crippen LogP contribution is -2.08. The topological polar surface area (TPSA) is 50.9 Å². The first-order chi connectivity index (χ1) is 9.25. The fourth-order valence-electron chi connectivity index (χ4n) is 1.65. The summed E-state index contributed by atoms with van der Waals surface area (Å²) in [5.41, 5.74) is 6.17. The highest BCUT2D eigenvalue weighted by molar-refractivity contribution is 9.10. The second-order valence-corrected chi connectivity index (χ2v) is 5.13. The number of alkyl halides is 3. The molecule has 1 aromatic carbocycles. The fraction of sp³-hybridized carbons (Fsp3) is 0.154. The van der Waals surface area contributed by atoms with E-state index in [1.807, 2.05) is 13.0 Å². The van der Waals surface area contributed by atoms with Crippen molar-refractivity contribution in [3.8, 4) is 0 Å².